The van der Waals surface area contributed by atoms with Crippen LogP contribution in [-0.4, -0.2) is 44.4 Å². The molecule has 2 amide bonds. The monoisotopic (exact) mass is 413 g/mol. The van der Waals surface area contributed by atoms with Gasteiger partial charge in [0.25, 0.3) is 5.91 Å². The zero-order valence-corrected chi connectivity index (χ0v) is 16.2. The number of benzene rings is 1. The van der Waals surface area contributed by atoms with Gasteiger partial charge in [-0.05, 0) is 43.5 Å². The normalized spacial score (nSPS) is 16.2. The molecule has 0 bridgehead atoms. The Bertz CT molecular complexity index is 1080. The Kier molecular flexibility index (Phi) is 5.69. The van der Waals surface area contributed by atoms with Crippen LogP contribution in [0.4, 0.5) is 8.78 Å². The molecule has 0 aliphatic carbocycles. The Labute approximate surface area is 171 Å². The van der Waals surface area contributed by atoms with Crippen LogP contribution in [0.25, 0.3) is 5.65 Å². The van der Waals surface area contributed by atoms with Crippen molar-refractivity contribution in [1.82, 2.24) is 24.8 Å². The molecule has 2 aromatic heterocycles. The van der Waals surface area contributed by atoms with E-state index in [2.05, 4.69) is 15.5 Å². The van der Waals surface area contributed by atoms with Crippen LogP contribution in [0, 0.1) is 11.6 Å². The van der Waals surface area contributed by atoms with Crippen molar-refractivity contribution in [1.29, 1.82) is 0 Å². The molecule has 9 heteroatoms. The van der Waals surface area contributed by atoms with Crippen LogP contribution in [0.15, 0.2) is 42.6 Å². The van der Waals surface area contributed by atoms with Crippen LogP contribution < -0.4 is 5.32 Å². The highest BCUT2D eigenvalue weighted by molar-refractivity contribution is 5.94. The Morgan fingerprint density at radius 2 is 2.03 bits per heavy atom. The molecule has 3 aromatic rings. The summed E-state index contributed by atoms with van der Waals surface area (Å²) in [5.41, 5.74) is 0.517. The third kappa shape index (κ3) is 4.00. The van der Waals surface area contributed by atoms with Gasteiger partial charge < -0.3 is 10.2 Å². The summed E-state index contributed by atoms with van der Waals surface area (Å²) in [4.78, 5) is 26.6. The quantitative estimate of drug-likeness (QED) is 0.631. The van der Waals surface area contributed by atoms with Crippen LogP contribution in [0.5, 0.6) is 0 Å². The molecule has 1 unspecified atom stereocenters. The Morgan fingerprint density at radius 3 is 2.87 bits per heavy atom. The van der Waals surface area contributed by atoms with E-state index in [1.807, 2.05) is 33.7 Å². The number of fused-ring (bicyclic) bond motifs is 1. The molecule has 1 aliphatic heterocycles. The van der Waals surface area contributed by atoms with Crippen LogP contribution in [0.3, 0.4) is 0 Å². The average Bonchev–Trinajstić information content (AvgIpc) is 3.37. The number of nitrogens with zero attached hydrogens (tertiary/aromatic N) is 4. The first-order chi connectivity index (χ1) is 14.5. The Morgan fingerprint density at radius 1 is 1.17 bits per heavy atom. The molecule has 1 aliphatic rings. The molecule has 0 saturated carbocycles. The second kappa shape index (κ2) is 8.56. The van der Waals surface area contributed by atoms with Crippen molar-refractivity contribution < 1.29 is 18.4 Å². The fourth-order valence-electron chi connectivity index (χ4n) is 3.77. The van der Waals surface area contributed by atoms with E-state index in [1.165, 1.54) is 0 Å². The molecule has 156 valence electrons. The van der Waals surface area contributed by atoms with Crippen molar-refractivity contribution in [3.05, 3.63) is 65.6 Å². The minimum atomic E-state index is -0.913. The zero-order chi connectivity index (χ0) is 21.1. The van der Waals surface area contributed by atoms with Gasteiger partial charge in [-0.2, -0.15) is 0 Å². The maximum Gasteiger partial charge on any atom is 0.254 e. The van der Waals surface area contributed by atoms with E-state index >= 15 is 0 Å². The number of carbonyl (C=O) groups excluding carboxylic acids is 2. The second-order valence-corrected chi connectivity index (χ2v) is 7.22. The highest BCUT2D eigenvalue weighted by atomic mass is 19.1. The first kappa shape index (κ1) is 19.9. The second-order valence-electron chi connectivity index (χ2n) is 7.22. The van der Waals surface area contributed by atoms with Gasteiger partial charge in [-0.15, -0.1) is 10.2 Å². The third-order valence-electron chi connectivity index (χ3n) is 5.24. The van der Waals surface area contributed by atoms with Gasteiger partial charge in [0, 0.05) is 31.8 Å². The van der Waals surface area contributed by atoms with E-state index in [0.29, 0.717) is 19.0 Å². The lowest BCUT2D eigenvalue weighted by atomic mass is 10.1. The van der Waals surface area contributed by atoms with Gasteiger partial charge in [-0.1, -0.05) is 6.07 Å². The molecule has 1 fully saturated rings. The number of halogens is 2. The molecule has 4 rings (SSSR count). The highest BCUT2D eigenvalue weighted by Crippen LogP contribution is 2.31. The van der Waals surface area contributed by atoms with Crippen LogP contribution in [0.1, 0.15) is 47.9 Å². The van der Waals surface area contributed by atoms with Gasteiger partial charge in [0.2, 0.25) is 5.91 Å². The SMILES string of the molecule is O=C(NCCCC(=O)N1CCCC1c1nnc2ccccn12)c1ccc(F)cc1F. The summed E-state index contributed by atoms with van der Waals surface area (Å²) in [6.07, 6.45) is 4.26. The van der Waals surface area contributed by atoms with Crippen molar-refractivity contribution in [3.8, 4) is 0 Å². The van der Waals surface area contributed by atoms with Crippen LogP contribution in [0.2, 0.25) is 0 Å². The summed E-state index contributed by atoms with van der Waals surface area (Å²) in [5, 5.41) is 11.0. The number of hydrogen-bond donors (Lipinski definition) is 1. The van der Waals surface area contributed by atoms with Crippen LogP contribution >= 0.6 is 0 Å². The fraction of sp³-hybridized carbons (Fsp3) is 0.333. The maximum atomic E-state index is 13.7. The van der Waals surface area contributed by atoms with Crippen molar-refractivity contribution >= 4 is 17.5 Å². The van der Waals surface area contributed by atoms with Gasteiger partial charge in [0.1, 0.15) is 11.6 Å². The molecule has 1 N–H and O–H groups in total. The number of likely N-dealkylation sites (tertiary alicyclic amines) is 1. The minimum Gasteiger partial charge on any atom is -0.352 e. The topological polar surface area (TPSA) is 79.6 Å². The smallest absolute Gasteiger partial charge is 0.254 e. The van der Waals surface area contributed by atoms with E-state index in [0.717, 1.165) is 36.4 Å². The van der Waals surface area contributed by atoms with Gasteiger partial charge in [-0.25, -0.2) is 8.78 Å². The summed E-state index contributed by atoms with van der Waals surface area (Å²) < 4.78 is 28.5. The Balaban J connectivity index is 1.32. The summed E-state index contributed by atoms with van der Waals surface area (Å²) in [6, 6.07) is 8.32. The lowest BCUT2D eigenvalue weighted by Gasteiger charge is -2.23. The lowest BCUT2D eigenvalue weighted by Crippen LogP contribution is -2.32. The summed E-state index contributed by atoms with van der Waals surface area (Å²) in [5.74, 6) is -1.56. The number of pyridine rings is 1. The molecule has 30 heavy (non-hydrogen) atoms. The number of carbonyl (C=O) groups is 2. The zero-order valence-electron chi connectivity index (χ0n) is 16.2. The summed E-state index contributed by atoms with van der Waals surface area (Å²) in [6.45, 7) is 0.867. The number of amides is 2. The van der Waals surface area contributed by atoms with Crippen LogP contribution in [-0.2, 0) is 4.79 Å². The molecule has 0 radical (unpaired) electrons. The predicted octanol–water partition coefficient (Wildman–Crippen LogP) is 2.88. The van der Waals surface area contributed by atoms with Gasteiger partial charge in [-0.3, -0.25) is 14.0 Å². The first-order valence-corrected chi connectivity index (χ1v) is 9.87. The summed E-state index contributed by atoms with van der Waals surface area (Å²) in [7, 11) is 0. The average molecular weight is 413 g/mol. The molecular weight excluding hydrogens is 392 g/mol. The molecule has 1 aromatic carbocycles. The Hall–Kier alpha value is -3.36. The van der Waals surface area contributed by atoms with Crippen molar-refractivity contribution in [2.45, 2.75) is 31.7 Å². The van der Waals surface area contributed by atoms with Crippen molar-refractivity contribution in [2.75, 3.05) is 13.1 Å². The molecule has 7 nitrogen and oxygen atoms in total. The number of hydrogen-bond acceptors (Lipinski definition) is 4. The van der Waals surface area contributed by atoms with E-state index < -0.39 is 17.5 Å². The van der Waals surface area contributed by atoms with E-state index in [4.69, 9.17) is 0 Å². The first-order valence-electron chi connectivity index (χ1n) is 9.87. The molecule has 3 heterocycles. The molecule has 1 saturated heterocycles. The van der Waals surface area contributed by atoms with Gasteiger partial charge >= 0.3 is 0 Å². The van der Waals surface area contributed by atoms with Crippen molar-refractivity contribution in [2.24, 2.45) is 0 Å². The number of aromatic nitrogens is 3. The number of nitrogens with one attached hydrogen (secondary N) is 1. The molecular formula is C21H21F2N5O2. The third-order valence-corrected chi connectivity index (χ3v) is 5.24. The number of rotatable bonds is 6. The summed E-state index contributed by atoms with van der Waals surface area (Å²) >= 11 is 0. The standard InChI is InChI=1S/C21H21F2N5O2/c22-14-8-9-15(16(23)13-14)21(30)24-10-3-7-19(29)27-12-4-5-17(27)20-26-25-18-6-1-2-11-28(18)20/h1-2,6,8-9,11,13,17H,3-5,7,10,12H2,(H,24,30). The maximum absolute atomic E-state index is 13.7. The largest absolute Gasteiger partial charge is 0.352 e. The molecule has 0 spiro atoms. The minimum absolute atomic E-state index is 0.0209. The lowest BCUT2D eigenvalue weighted by molar-refractivity contribution is -0.132. The van der Waals surface area contributed by atoms with Crippen molar-refractivity contribution in [3.63, 3.8) is 0 Å². The van der Waals surface area contributed by atoms with Gasteiger partial charge in [0.15, 0.2) is 11.5 Å². The molecule has 1 atom stereocenters. The van der Waals surface area contributed by atoms with E-state index in [-0.39, 0.29) is 30.5 Å². The highest BCUT2D eigenvalue weighted by Gasteiger charge is 2.32. The van der Waals surface area contributed by atoms with E-state index in [9.17, 15) is 18.4 Å². The predicted molar refractivity (Wildman–Crippen MR) is 105 cm³/mol. The van der Waals surface area contributed by atoms with Gasteiger partial charge in [0.05, 0.1) is 11.6 Å². The fourth-order valence-corrected chi connectivity index (χ4v) is 3.77. The van der Waals surface area contributed by atoms with E-state index in [1.54, 1.807) is 0 Å².